The van der Waals surface area contributed by atoms with E-state index >= 15 is 0 Å². The van der Waals surface area contributed by atoms with Crippen LogP contribution in [0.25, 0.3) is 16.7 Å². The molecule has 2 heterocycles. The minimum absolute atomic E-state index is 0.0211. The summed E-state index contributed by atoms with van der Waals surface area (Å²) in [4.78, 5) is 26.9. The Kier molecular flexibility index (Phi) is 5.69. The number of rotatable bonds is 3. The summed E-state index contributed by atoms with van der Waals surface area (Å²) in [5.74, 6) is -2.58. The Morgan fingerprint density at radius 2 is 1.82 bits per heavy atom. The van der Waals surface area contributed by atoms with E-state index in [4.69, 9.17) is 9.47 Å². The van der Waals surface area contributed by atoms with Crippen LogP contribution in [0.3, 0.4) is 0 Å². The molecular weight excluding hydrogens is 430 g/mol. The maximum absolute atomic E-state index is 13.8. The molecule has 1 aliphatic heterocycles. The van der Waals surface area contributed by atoms with Gasteiger partial charge in [-0.05, 0) is 36.8 Å². The largest absolute Gasteiger partial charge is 0.513 e. The molecule has 1 amide bonds. The second-order valence-corrected chi connectivity index (χ2v) is 8.52. The summed E-state index contributed by atoms with van der Waals surface area (Å²) in [5, 5.41) is 0.959. The molecule has 0 N–H and O–H groups in total. The number of ether oxygens (including phenoxy) is 2. The lowest BCUT2D eigenvalue weighted by atomic mass is 9.82. The maximum atomic E-state index is 13.8. The van der Waals surface area contributed by atoms with Gasteiger partial charge in [-0.25, -0.2) is 13.6 Å². The Labute approximate surface area is 190 Å². The van der Waals surface area contributed by atoms with Gasteiger partial charge < -0.3 is 18.9 Å². The van der Waals surface area contributed by atoms with E-state index in [1.54, 1.807) is 6.92 Å². The molecule has 0 fully saturated rings. The summed E-state index contributed by atoms with van der Waals surface area (Å²) in [6, 6.07) is 10.8. The van der Waals surface area contributed by atoms with E-state index in [0.717, 1.165) is 28.6 Å². The van der Waals surface area contributed by atoms with E-state index in [1.165, 1.54) is 17.2 Å². The summed E-state index contributed by atoms with van der Waals surface area (Å²) in [6.45, 7) is 5.95. The first-order valence-corrected chi connectivity index (χ1v) is 10.5. The van der Waals surface area contributed by atoms with Crippen molar-refractivity contribution in [2.45, 2.75) is 26.2 Å². The Morgan fingerprint density at radius 3 is 2.52 bits per heavy atom. The molecule has 0 bridgehead atoms. The Morgan fingerprint density at radius 1 is 1.09 bits per heavy atom. The van der Waals surface area contributed by atoms with Crippen molar-refractivity contribution in [1.29, 1.82) is 0 Å². The number of aryl methyl sites for hydroxylation is 1. The van der Waals surface area contributed by atoms with Crippen molar-refractivity contribution in [3.8, 4) is 0 Å². The molecule has 0 saturated heterocycles. The Bertz CT molecular complexity index is 1290. The fraction of sp³-hybridized carbons (Fsp3) is 0.280. The number of hydrogen-bond donors (Lipinski definition) is 0. The number of halogens is 2. The van der Waals surface area contributed by atoms with Gasteiger partial charge in [-0.1, -0.05) is 32.0 Å². The molecule has 0 spiro atoms. The number of carbonyl (C=O) groups is 2. The zero-order valence-corrected chi connectivity index (χ0v) is 18.8. The molecule has 6 nitrogen and oxygen atoms in total. The smallest absolute Gasteiger partial charge is 0.434 e. The lowest BCUT2D eigenvalue weighted by Crippen LogP contribution is -2.37. The lowest BCUT2D eigenvalue weighted by molar-refractivity contribution is 0.0787. The number of aromatic nitrogens is 1. The lowest BCUT2D eigenvalue weighted by Gasteiger charge is -2.29. The molecule has 0 aliphatic carbocycles. The summed E-state index contributed by atoms with van der Waals surface area (Å²) in [6.07, 6.45) is 0.521. The minimum atomic E-state index is -1.11. The number of nitrogens with zero attached hydrogens (tertiary/aromatic N) is 2. The maximum Gasteiger partial charge on any atom is 0.513 e. The zero-order chi connectivity index (χ0) is 23.9. The highest BCUT2D eigenvalue weighted by atomic mass is 19.2. The van der Waals surface area contributed by atoms with E-state index < -0.39 is 29.1 Å². The first-order chi connectivity index (χ1) is 15.6. The topological polar surface area (TPSA) is 60.8 Å². The van der Waals surface area contributed by atoms with E-state index in [2.05, 4.69) is 0 Å². The van der Waals surface area contributed by atoms with E-state index in [-0.39, 0.29) is 24.5 Å². The van der Waals surface area contributed by atoms with Gasteiger partial charge in [-0.15, -0.1) is 0 Å². The molecule has 2 aromatic carbocycles. The average molecular weight is 454 g/mol. The van der Waals surface area contributed by atoms with Crippen molar-refractivity contribution in [3.63, 3.8) is 0 Å². The molecule has 4 rings (SSSR count). The van der Waals surface area contributed by atoms with Crippen molar-refractivity contribution in [2.75, 3.05) is 13.2 Å². The van der Waals surface area contributed by atoms with Gasteiger partial charge in [0.2, 0.25) is 0 Å². The van der Waals surface area contributed by atoms with Gasteiger partial charge in [0.15, 0.2) is 17.4 Å². The molecule has 1 aromatic heterocycles. The van der Waals surface area contributed by atoms with Crippen molar-refractivity contribution < 1.29 is 27.8 Å². The molecule has 8 heteroatoms. The standard InChI is InChI=1S/C25H24F2N2O4/c1-5-32-24(31)33-20-13-29(23(30)15-10-11-17(26)18(27)12-15)14-25(2,3)21-16-8-6-7-9-19(16)28(4)22(20)21/h6-13H,5,14H2,1-4H3. The van der Waals surface area contributed by atoms with Gasteiger partial charge in [-0.3, -0.25) is 4.79 Å². The quantitative estimate of drug-likeness (QED) is 0.500. The van der Waals surface area contributed by atoms with Gasteiger partial charge in [0.25, 0.3) is 5.91 Å². The van der Waals surface area contributed by atoms with E-state index in [9.17, 15) is 18.4 Å². The third-order valence-corrected chi connectivity index (χ3v) is 5.74. The highest BCUT2D eigenvalue weighted by Gasteiger charge is 2.38. The molecule has 172 valence electrons. The second kappa shape index (κ2) is 8.35. The molecule has 3 aromatic rings. The fourth-order valence-electron chi connectivity index (χ4n) is 4.36. The van der Waals surface area contributed by atoms with Crippen molar-refractivity contribution in [3.05, 3.63) is 77.1 Å². The Balaban J connectivity index is 1.90. The fourth-order valence-corrected chi connectivity index (χ4v) is 4.36. The predicted molar refractivity (Wildman–Crippen MR) is 119 cm³/mol. The van der Waals surface area contributed by atoms with Crippen LogP contribution >= 0.6 is 0 Å². The van der Waals surface area contributed by atoms with Crippen molar-refractivity contribution >= 4 is 28.7 Å². The molecule has 0 saturated carbocycles. The van der Waals surface area contributed by atoms with Crippen LogP contribution in [0.2, 0.25) is 0 Å². The second-order valence-electron chi connectivity index (χ2n) is 8.52. The van der Waals surface area contributed by atoms with Crippen LogP contribution in [-0.4, -0.2) is 34.7 Å². The monoisotopic (exact) mass is 454 g/mol. The van der Waals surface area contributed by atoms with Gasteiger partial charge in [0.05, 0.1) is 18.5 Å². The van der Waals surface area contributed by atoms with Crippen LogP contribution in [0, 0.1) is 11.6 Å². The van der Waals surface area contributed by atoms with Crippen molar-refractivity contribution in [1.82, 2.24) is 9.47 Å². The van der Waals surface area contributed by atoms with Crippen molar-refractivity contribution in [2.24, 2.45) is 7.05 Å². The third kappa shape index (κ3) is 3.97. The average Bonchev–Trinajstić information content (AvgIpc) is 3.01. The summed E-state index contributed by atoms with van der Waals surface area (Å²) in [5.41, 5.74) is 1.87. The third-order valence-electron chi connectivity index (χ3n) is 5.74. The first-order valence-electron chi connectivity index (χ1n) is 10.5. The predicted octanol–water partition coefficient (Wildman–Crippen LogP) is 5.36. The van der Waals surface area contributed by atoms with Crippen LogP contribution < -0.4 is 0 Å². The number of hydrogen-bond acceptors (Lipinski definition) is 4. The number of para-hydroxylation sites is 1. The molecule has 0 atom stereocenters. The zero-order valence-electron chi connectivity index (χ0n) is 18.8. The highest BCUT2D eigenvalue weighted by molar-refractivity contribution is 5.97. The minimum Gasteiger partial charge on any atom is -0.434 e. The van der Waals surface area contributed by atoms with Crippen LogP contribution in [0.15, 0.2) is 48.7 Å². The van der Waals surface area contributed by atoms with Crippen LogP contribution in [0.5, 0.6) is 0 Å². The normalized spacial score (nSPS) is 15.0. The van der Waals surface area contributed by atoms with Crippen LogP contribution in [0.4, 0.5) is 13.6 Å². The number of benzene rings is 2. The molecule has 33 heavy (non-hydrogen) atoms. The molecular formula is C25H24F2N2O4. The summed E-state index contributed by atoms with van der Waals surface area (Å²) < 4.78 is 39.7. The van der Waals surface area contributed by atoms with E-state index in [0.29, 0.717) is 5.69 Å². The van der Waals surface area contributed by atoms with Crippen LogP contribution in [-0.2, 0) is 21.9 Å². The Hall–Kier alpha value is -3.68. The number of carbonyl (C=O) groups excluding carboxylic acids is 2. The van der Waals surface area contributed by atoms with Gasteiger partial charge in [0, 0.05) is 35.5 Å². The first kappa shape index (κ1) is 22.5. The van der Waals surface area contributed by atoms with Gasteiger partial charge in [0.1, 0.15) is 0 Å². The molecule has 0 unspecified atom stereocenters. The van der Waals surface area contributed by atoms with Gasteiger partial charge in [-0.2, -0.15) is 0 Å². The SMILES string of the molecule is CCOC(=O)OC1=CN(C(=O)c2ccc(F)c(F)c2)CC(C)(C)c2c1n(C)c1ccccc21. The number of fused-ring (bicyclic) bond motifs is 3. The van der Waals surface area contributed by atoms with E-state index in [1.807, 2.05) is 49.7 Å². The number of amides is 1. The van der Waals surface area contributed by atoms with Crippen LogP contribution in [0.1, 0.15) is 42.4 Å². The molecule has 0 radical (unpaired) electrons. The highest BCUT2D eigenvalue weighted by Crippen LogP contribution is 2.42. The summed E-state index contributed by atoms with van der Waals surface area (Å²) >= 11 is 0. The van der Waals surface area contributed by atoms with Gasteiger partial charge >= 0.3 is 6.16 Å². The molecule has 1 aliphatic rings. The summed E-state index contributed by atoms with van der Waals surface area (Å²) in [7, 11) is 1.85.